The molecule has 8 heteroatoms. The Morgan fingerprint density at radius 1 is 1.08 bits per heavy atom. The normalized spacial score (nSPS) is 13.4. The minimum atomic E-state index is -0.228. The number of fused-ring (bicyclic) bond motifs is 3. The average molecular weight is 606 g/mol. The predicted molar refractivity (Wildman–Crippen MR) is 127 cm³/mol. The number of rotatable bonds is 4. The van der Waals surface area contributed by atoms with Crippen LogP contribution in [0.25, 0.3) is 27.3 Å². The number of benzene rings is 2. The summed E-state index contributed by atoms with van der Waals surface area (Å²) in [6.45, 7) is 0. The van der Waals surface area contributed by atoms with Crippen LogP contribution in [-0.2, 0) is 12.8 Å². The molecular weight excluding hydrogens is 593 g/mol. The first-order chi connectivity index (χ1) is 12.7. The van der Waals surface area contributed by atoms with Crippen LogP contribution in [0.15, 0.2) is 36.5 Å². The number of pyridine rings is 1. The zero-order chi connectivity index (χ0) is 17.8. The molecule has 0 atom stereocenters. The van der Waals surface area contributed by atoms with Gasteiger partial charge in [0.2, 0.25) is 0 Å². The third-order valence-corrected chi connectivity index (χ3v) is 8.65. The maximum absolute atomic E-state index is 6.01. The van der Waals surface area contributed by atoms with Crippen molar-refractivity contribution in [2.45, 2.75) is 12.8 Å². The lowest BCUT2D eigenvalue weighted by molar-refractivity contribution is 0.415. The summed E-state index contributed by atoms with van der Waals surface area (Å²) in [6, 6.07) is 10.6. The van der Waals surface area contributed by atoms with E-state index in [9.17, 15) is 0 Å². The summed E-state index contributed by atoms with van der Waals surface area (Å²) in [6.07, 6.45) is 4.03. The fraction of sp³-hybridized carbons (Fsp3) is 0.167. The first-order valence-corrected chi connectivity index (χ1v) is 16.3. The number of aromatic nitrogens is 2. The van der Waals surface area contributed by atoms with Crippen LogP contribution in [-0.4, -0.2) is 16.5 Å². The Morgan fingerprint density at radius 3 is 2.73 bits per heavy atom. The summed E-state index contributed by atoms with van der Waals surface area (Å²) in [5.41, 5.74) is 4.87. The van der Waals surface area contributed by atoms with E-state index in [4.69, 9.17) is 13.9 Å². The molecule has 0 amide bonds. The van der Waals surface area contributed by atoms with Crippen LogP contribution in [0.3, 0.4) is 0 Å². The molecule has 0 bridgehead atoms. The van der Waals surface area contributed by atoms with Gasteiger partial charge in [-0.25, -0.2) is 4.98 Å². The van der Waals surface area contributed by atoms with E-state index in [1.165, 1.54) is 27.5 Å². The summed E-state index contributed by atoms with van der Waals surface area (Å²) in [5.74, 6) is 1.78. The molecule has 0 N–H and O–H groups in total. The van der Waals surface area contributed by atoms with Crippen molar-refractivity contribution in [3.63, 3.8) is 0 Å². The molecule has 2 aromatic heterocycles. The lowest BCUT2D eigenvalue weighted by Gasteiger charge is -2.19. The Labute approximate surface area is 181 Å². The van der Waals surface area contributed by atoms with Gasteiger partial charge in [-0.3, -0.25) is 4.40 Å². The van der Waals surface area contributed by atoms with Crippen molar-refractivity contribution in [2.75, 3.05) is 7.11 Å². The molecule has 4 aromatic rings. The van der Waals surface area contributed by atoms with Gasteiger partial charge < -0.3 is 8.92 Å². The van der Waals surface area contributed by atoms with Crippen LogP contribution in [0, 0.1) is 0 Å². The van der Waals surface area contributed by atoms with Crippen molar-refractivity contribution in [3.05, 3.63) is 47.8 Å². The van der Waals surface area contributed by atoms with Gasteiger partial charge in [-0.1, -0.05) is 0 Å². The standard InChI is InChI=1S/C18H13I2N2O2PS/c1-23-12-4-5-14-15-8-13(24-26-25(19)20)6-10-2-3-11-9-21-18(16(14)7-12)22(11)17(10)15/h4-9H,2-3H2,1H3. The Kier molecular flexibility index (Phi) is 4.62. The second-order valence-electron chi connectivity index (χ2n) is 6.16. The van der Waals surface area contributed by atoms with E-state index >= 15 is 0 Å². The summed E-state index contributed by atoms with van der Waals surface area (Å²) in [5, 5.41) is 3.52. The van der Waals surface area contributed by atoms with Crippen LogP contribution in [0.2, 0.25) is 0 Å². The van der Waals surface area contributed by atoms with E-state index < -0.39 is 0 Å². The topological polar surface area (TPSA) is 35.8 Å². The van der Waals surface area contributed by atoms with Crippen LogP contribution >= 0.6 is 58.2 Å². The SMILES string of the molecule is COc1ccc2c(c1)c1ncc3n1c1c(cc(OSP(I)I)cc21)CC3. The van der Waals surface area contributed by atoms with E-state index in [-0.39, 0.29) is 2.41 Å². The quantitative estimate of drug-likeness (QED) is 0.110. The lowest BCUT2D eigenvalue weighted by atomic mass is 9.97. The number of aryl methyl sites for hydroxylation is 2. The van der Waals surface area contributed by atoms with Crippen LogP contribution in [0.1, 0.15) is 11.3 Å². The molecule has 0 unspecified atom stereocenters. The number of hydrogen-bond donors (Lipinski definition) is 0. The average Bonchev–Trinajstić information content (AvgIpc) is 3.10. The molecule has 1 aliphatic rings. The van der Waals surface area contributed by atoms with E-state index in [2.05, 4.69) is 72.7 Å². The van der Waals surface area contributed by atoms with Crippen molar-refractivity contribution >= 4 is 85.5 Å². The zero-order valence-corrected chi connectivity index (χ0v) is 19.7. The second-order valence-corrected chi connectivity index (χ2v) is 23.7. The molecular formula is C18H13I2N2O2PS. The van der Waals surface area contributed by atoms with Gasteiger partial charge in [-0.05, 0) is 98.2 Å². The third-order valence-electron chi connectivity index (χ3n) is 4.82. The van der Waals surface area contributed by atoms with Crippen molar-refractivity contribution in [1.29, 1.82) is 0 Å². The van der Waals surface area contributed by atoms with Gasteiger partial charge in [0.25, 0.3) is 0 Å². The monoisotopic (exact) mass is 606 g/mol. The van der Waals surface area contributed by atoms with E-state index in [1.807, 2.05) is 12.3 Å². The van der Waals surface area contributed by atoms with Crippen LogP contribution < -0.4 is 8.92 Å². The van der Waals surface area contributed by atoms with E-state index in [1.54, 1.807) is 18.8 Å². The molecule has 0 spiro atoms. The number of methoxy groups -OCH3 is 1. The maximum Gasteiger partial charge on any atom is 0.145 e. The maximum atomic E-state index is 6.01. The first kappa shape index (κ1) is 17.6. The molecule has 0 saturated heterocycles. The predicted octanol–water partition coefficient (Wildman–Crippen LogP) is 6.87. The molecule has 132 valence electrons. The first-order valence-electron chi connectivity index (χ1n) is 8.04. The summed E-state index contributed by atoms with van der Waals surface area (Å²) in [4.78, 5) is 4.73. The Hall–Kier alpha value is -0.510. The molecule has 1 aliphatic heterocycles. The highest BCUT2D eigenvalue weighted by molar-refractivity contribution is 14.3. The second kappa shape index (κ2) is 6.83. The van der Waals surface area contributed by atoms with Gasteiger partial charge in [0, 0.05) is 22.7 Å². The smallest absolute Gasteiger partial charge is 0.145 e. The number of hydrogen-bond acceptors (Lipinski definition) is 4. The molecule has 0 saturated carbocycles. The molecule has 3 heterocycles. The molecule has 4 nitrogen and oxygen atoms in total. The highest BCUT2D eigenvalue weighted by atomic mass is 127. The number of imidazole rings is 1. The molecule has 0 radical (unpaired) electrons. The minimum absolute atomic E-state index is 0.228. The zero-order valence-electron chi connectivity index (χ0n) is 13.7. The number of ether oxygens (including phenoxy) is 1. The van der Waals surface area contributed by atoms with Gasteiger partial charge in [-0.15, -0.1) is 0 Å². The Bertz CT molecular complexity index is 1180. The van der Waals surface area contributed by atoms with Crippen LogP contribution in [0.4, 0.5) is 0 Å². The molecule has 26 heavy (non-hydrogen) atoms. The van der Waals surface area contributed by atoms with Gasteiger partial charge in [0.1, 0.15) is 31.2 Å². The van der Waals surface area contributed by atoms with Gasteiger partial charge in [0.05, 0.1) is 12.6 Å². The van der Waals surface area contributed by atoms with Crippen LogP contribution in [0.5, 0.6) is 11.5 Å². The van der Waals surface area contributed by atoms with E-state index in [0.717, 1.165) is 35.4 Å². The number of nitrogens with zero attached hydrogens (tertiary/aromatic N) is 2. The summed E-state index contributed by atoms with van der Waals surface area (Å²) >= 11 is 6.36. The molecule has 5 rings (SSSR count). The van der Waals surface area contributed by atoms with Gasteiger partial charge in [-0.2, -0.15) is 0 Å². The molecule has 0 aliphatic carbocycles. The van der Waals surface area contributed by atoms with E-state index in [0.29, 0.717) is 0 Å². The highest BCUT2D eigenvalue weighted by Crippen LogP contribution is 2.64. The van der Waals surface area contributed by atoms with Crippen molar-refractivity contribution in [1.82, 2.24) is 9.38 Å². The van der Waals surface area contributed by atoms with Crippen molar-refractivity contribution < 1.29 is 8.92 Å². The number of halogens is 2. The molecule has 2 aromatic carbocycles. The molecule has 0 fully saturated rings. The Balaban J connectivity index is 1.89. The highest BCUT2D eigenvalue weighted by Gasteiger charge is 2.21. The lowest BCUT2D eigenvalue weighted by Crippen LogP contribution is -2.07. The van der Waals surface area contributed by atoms with Gasteiger partial charge >= 0.3 is 0 Å². The van der Waals surface area contributed by atoms with Gasteiger partial charge in [0.15, 0.2) is 0 Å². The minimum Gasteiger partial charge on any atom is -0.497 e. The largest absolute Gasteiger partial charge is 0.497 e. The van der Waals surface area contributed by atoms with Crippen molar-refractivity contribution in [2.24, 2.45) is 0 Å². The summed E-state index contributed by atoms with van der Waals surface area (Å²) in [7, 11) is 1.70. The summed E-state index contributed by atoms with van der Waals surface area (Å²) < 4.78 is 13.5. The fourth-order valence-corrected chi connectivity index (χ4v) is 5.89. The van der Waals surface area contributed by atoms with Crippen molar-refractivity contribution in [3.8, 4) is 11.5 Å². The fourth-order valence-electron chi connectivity index (χ4n) is 3.78. The third kappa shape index (κ3) is 2.77. The Morgan fingerprint density at radius 2 is 1.92 bits per heavy atom.